The van der Waals surface area contributed by atoms with Gasteiger partial charge in [0.1, 0.15) is 11.4 Å². The molecule has 0 radical (unpaired) electrons. The van der Waals surface area contributed by atoms with E-state index in [-0.39, 0.29) is 12.1 Å². The third kappa shape index (κ3) is 3.65. The van der Waals surface area contributed by atoms with E-state index in [1.807, 2.05) is 6.92 Å². The smallest absolute Gasteiger partial charge is 0.333 e. The molecule has 1 saturated carbocycles. The number of unbranched alkanes of at least 4 members (excludes halogenated alkanes) is 1. The predicted octanol–water partition coefficient (Wildman–Crippen LogP) is 1.38. The molecule has 0 unspecified atom stereocenters. The molecule has 2 rings (SSSR count). The number of nitrogens with two attached hydrogens (primary N) is 1. The van der Waals surface area contributed by atoms with Crippen molar-refractivity contribution in [3.8, 4) is 5.88 Å². The Kier molecular flexibility index (Phi) is 5.63. The van der Waals surface area contributed by atoms with Crippen molar-refractivity contribution in [1.29, 1.82) is 5.41 Å². The zero-order chi connectivity index (χ0) is 17.0. The van der Waals surface area contributed by atoms with Gasteiger partial charge in [0, 0.05) is 13.1 Å². The van der Waals surface area contributed by atoms with Gasteiger partial charge in [-0.15, -0.1) is 0 Å². The molecule has 1 heterocycles. The first-order valence-electron chi connectivity index (χ1n) is 8.38. The van der Waals surface area contributed by atoms with Crippen molar-refractivity contribution in [3.05, 3.63) is 26.4 Å². The maximum atomic E-state index is 12.6. The molecule has 1 aliphatic carbocycles. The molecule has 1 fully saturated rings. The first-order valence-corrected chi connectivity index (χ1v) is 8.38. The standard InChI is InChI=1S/C16H26N4O3/c1-2-3-9-19-14(21)12(13(17)18)15(22)20(16(19)23)10-11-7-5-4-6-8-11/h11,22H,2-10H2,1H3,(H3,17,18). The Balaban J connectivity index is 2.50. The summed E-state index contributed by atoms with van der Waals surface area (Å²) in [7, 11) is 0. The van der Waals surface area contributed by atoms with Crippen LogP contribution >= 0.6 is 0 Å². The van der Waals surface area contributed by atoms with Gasteiger partial charge >= 0.3 is 5.69 Å². The van der Waals surface area contributed by atoms with Crippen LogP contribution in [0.5, 0.6) is 5.88 Å². The second-order valence-electron chi connectivity index (χ2n) is 6.32. The fraction of sp³-hybridized carbons (Fsp3) is 0.688. The van der Waals surface area contributed by atoms with Gasteiger partial charge in [0.05, 0.1) is 0 Å². The highest BCUT2D eigenvalue weighted by Gasteiger charge is 2.23. The molecule has 0 spiro atoms. The predicted molar refractivity (Wildman–Crippen MR) is 89.1 cm³/mol. The lowest BCUT2D eigenvalue weighted by Crippen LogP contribution is -2.44. The van der Waals surface area contributed by atoms with E-state index in [9.17, 15) is 14.7 Å². The lowest BCUT2D eigenvalue weighted by atomic mass is 9.89. The molecule has 1 aromatic heterocycles. The zero-order valence-corrected chi connectivity index (χ0v) is 13.7. The third-order valence-corrected chi connectivity index (χ3v) is 4.57. The van der Waals surface area contributed by atoms with E-state index in [0.29, 0.717) is 18.9 Å². The topological polar surface area (TPSA) is 114 Å². The molecule has 7 nitrogen and oxygen atoms in total. The van der Waals surface area contributed by atoms with E-state index >= 15 is 0 Å². The van der Waals surface area contributed by atoms with Crippen LogP contribution in [0.1, 0.15) is 57.4 Å². The van der Waals surface area contributed by atoms with Crippen LogP contribution in [-0.2, 0) is 13.1 Å². The van der Waals surface area contributed by atoms with E-state index in [2.05, 4.69) is 0 Å². The molecule has 0 bridgehead atoms. The molecule has 0 atom stereocenters. The Morgan fingerprint density at radius 2 is 1.91 bits per heavy atom. The first-order chi connectivity index (χ1) is 11.0. The fourth-order valence-corrected chi connectivity index (χ4v) is 3.23. The molecular formula is C16H26N4O3. The van der Waals surface area contributed by atoms with Gasteiger partial charge in [-0.2, -0.15) is 0 Å². The minimum absolute atomic E-state index is 0.267. The van der Waals surface area contributed by atoms with E-state index in [1.54, 1.807) is 0 Å². The summed E-state index contributed by atoms with van der Waals surface area (Å²) in [5.74, 6) is -0.662. The Labute approximate surface area is 135 Å². The molecule has 0 aromatic carbocycles. The summed E-state index contributed by atoms with van der Waals surface area (Å²) in [5.41, 5.74) is 4.02. The van der Waals surface area contributed by atoms with Gasteiger partial charge in [-0.1, -0.05) is 32.6 Å². The Morgan fingerprint density at radius 1 is 1.26 bits per heavy atom. The van der Waals surface area contributed by atoms with Crippen LogP contribution in [0.2, 0.25) is 0 Å². The maximum Gasteiger partial charge on any atom is 0.333 e. The van der Waals surface area contributed by atoms with E-state index < -0.39 is 23.0 Å². The number of aromatic hydroxyl groups is 1. The normalized spacial score (nSPS) is 15.7. The van der Waals surface area contributed by atoms with Crippen molar-refractivity contribution in [1.82, 2.24) is 9.13 Å². The summed E-state index contributed by atoms with van der Waals surface area (Å²) in [6, 6.07) is 0. The number of nitrogen functional groups attached to an aromatic ring is 1. The number of hydrogen-bond donors (Lipinski definition) is 3. The fourth-order valence-electron chi connectivity index (χ4n) is 3.23. The van der Waals surface area contributed by atoms with Gasteiger partial charge in [0.2, 0.25) is 5.88 Å². The number of hydrogen-bond acceptors (Lipinski definition) is 4. The minimum atomic E-state index is -0.673. The summed E-state index contributed by atoms with van der Waals surface area (Å²) in [4.78, 5) is 25.0. The van der Waals surface area contributed by atoms with Crippen LogP contribution < -0.4 is 17.0 Å². The van der Waals surface area contributed by atoms with Gasteiger partial charge < -0.3 is 10.8 Å². The second kappa shape index (κ2) is 7.48. The minimum Gasteiger partial charge on any atom is -0.494 e. The van der Waals surface area contributed by atoms with Crippen molar-refractivity contribution in [2.45, 2.75) is 65.0 Å². The Hall–Kier alpha value is -2.05. The number of nitrogens with one attached hydrogen (secondary N) is 1. The molecule has 128 valence electrons. The largest absolute Gasteiger partial charge is 0.494 e. The second-order valence-corrected chi connectivity index (χ2v) is 6.32. The highest BCUT2D eigenvalue weighted by molar-refractivity contribution is 5.96. The molecule has 1 aliphatic rings. The van der Waals surface area contributed by atoms with Crippen molar-refractivity contribution >= 4 is 5.84 Å². The summed E-state index contributed by atoms with van der Waals surface area (Å²) >= 11 is 0. The first kappa shape index (κ1) is 17.3. The third-order valence-electron chi connectivity index (χ3n) is 4.57. The van der Waals surface area contributed by atoms with Crippen molar-refractivity contribution in [3.63, 3.8) is 0 Å². The van der Waals surface area contributed by atoms with Crippen LogP contribution in [0.4, 0.5) is 0 Å². The van der Waals surface area contributed by atoms with Crippen LogP contribution in [0.25, 0.3) is 0 Å². The zero-order valence-electron chi connectivity index (χ0n) is 13.7. The Morgan fingerprint density at radius 3 is 2.48 bits per heavy atom. The van der Waals surface area contributed by atoms with Crippen LogP contribution in [0.15, 0.2) is 9.59 Å². The SMILES string of the molecule is CCCCn1c(=O)c(C(=N)N)c(O)n(CC2CCCCC2)c1=O. The molecule has 23 heavy (non-hydrogen) atoms. The molecule has 0 amide bonds. The maximum absolute atomic E-state index is 12.6. The van der Waals surface area contributed by atoms with Gasteiger partial charge in [-0.25, -0.2) is 4.79 Å². The molecule has 4 N–H and O–H groups in total. The molecule has 1 aromatic rings. The van der Waals surface area contributed by atoms with Crippen LogP contribution in [0.3, 0.4) is 0 Å². The Bertz CT molecular complexity index is 684. The lowest BCUT2D eigenvalue weighted by Gasteiger charge is -2.24. The quantitative estimate of drug-likeness (QED) is 0.542. The van der Waals surface area contributed by atoms with E-state index in [0.717, 1.165) is 36.7 Å². The van der Waals surface area contributed by atoms with Crippen LogP contribution in [0, 0.1) is 11.3 Å². The highest BCUT2D eigenvalue weighted by Crippen LogP contribution is 2.26. The van der Waals surface area contributed by atoms with Crippen molar-refractivity contribution in [2.75, 3.05) is 0 Å². The average molecular weight is 322 g/mol. The number of rotatable bonds is 6. The summed E-state index contributed by atoms with van der Waals surface area (Å²) in [6.07, 6.45) is 6.98. The van der Waals surface area contributed by atoms with E-state index in [4.69, 9.17) is 11.1 Å². The molecule has 0 saturated heterocycles. The van der Waals surface area contributed by atoms with Gasteiger partial charge in [0.25, 0.3) is 5.56 Å². The van der Waals surface area contributed by atoms with Crippen LogP contribution in [-0.4, -0.2) is 20.1 Å². The number of aromatic nitrogens is 2. The summed E-state index contributed by atoms with van der Waals surface area (Å²) in [6.45, 7) is 2.62. The molecule has 7 heteroatoms. The number of nitrogens with zero attached hydrogens (tertiary/aromatic N) is 2. The van der Waals surface area contributed by atoms with Crippen molar-refractivity contribution < 1.29 is 5.11 Å². The van der Waals surface area contributed by atoms with Gasteiger partial charge in [-0.05, 0) is 25.2 Å². The average Bonchev–Trinajstić information content (AvgIpc) is 2.52. The number of amidine groups is 1. The monoisotopic (exact) mass is 322 g/mol. The summed E-state index contributed by atoms with van der Waals surface area (Å²) in [5, 5.41) is 17.9. The lowest BCUT2D eigenvalue weighted by molar-refractivity contribution is 0.287. The summed E-state index contributed by atoms with van der Waals surface area (Å²) < 4.78 is 2.33. The highest BCUT2D eigenvalue weighted by atomic mass is 16.3. The van der Waals surface area contributed by atoms with Gasteiger partial charge in [-0.3, -0.25) is 19.3 Å². The molecular weight excluding hydrogens is 296 g/mol. The van der Waals surface area contributed by atoms with Gasteiger partial charge in [0.15, 0.2) is 0 Å². The van der Waals surface area contributed by atoms with E-state index in [1.165, 1.54) is 11.0 Å². The molecule has 0 aliphatic heterocycles. The van der Waals surface area contributed by atoms with Crippen molar-refractivity contribution in [2.24, 2.45) is 11.7 Å².